The third-order valence-corrected chi connectivity index (χ3v) is 3.32. The van der Waals surface area contributed by atoms with Crippen molar-refractivity contribution in [1.29, 1.82) is 0 Å². The quantitative estimate of drug-likeness (QED) is 0.761. The summed E-state index contributed by atoms with van der Waals surface area (Å²) >= 11 is 3.37. The molecule has 0 spiro atoms. The molecular weight excluding hydrogens is 304 g/mol. The van der Waals surface area contributed by atoms with E-state index in [1.807, 2.05) is 0 Å². The van der Waals surface area contributed by atoms with Crippen molar-refractivity contribution in [3.63, 3.8) is 0 Å². The van der Waals surface area contributed by atoms with Gasteiger partial charge in [0.2, 0.25) is 0 Å². The first-order valence-corrected chi connectivity index (χ1v) is 6.15. The zero-order valence-corrected chi connectivity index (χ0v) is 10.7. The topological polar surface area (TPSA) is 76.7 Å². The number of amides is 3. The second kappa shape index (κ2) is 4.16. The molecule has 3 amide bonds. The van der Waals surface area contributed by atoms with Gasteiger partial charge in [-0.3, -0.25) is 10.1 Å². The van der Waals surface area contributed by atoms with Crippen molar-refractivity contribution < 1.29 is 19.1 Å². The summed E-state index contributed by atoms with van der Waals surface area (Å²) in [7, 11) is 0. The van der Waals surface area contributed by atoms with E-state index in [-0.39, 0.29) is 5.91 Å². The Morgan fingerprint density at radius 3 is 2.72 bits per heavy atom. The van der Waals surface area contributed by atoms with E-state index >= 15 is 0 Å². The lowest BCUT2D eigenvalue weighted by Crippen LogP contribution is -2.22. The van der Waals surface area contributed by atoms with Crippen LogP contribution < -0.4 is 20.1 Å². The summed E-state index contributed by atoms with van der Waals surface area (Å²) in [6.45, 7) is 0.956. The zero-order valence-electron chi connectivity index (χ0n) is 9.16. The molecule has 6 nitrogen and oxygen atoms in total. The Kier molecular flexibility index (Phi) is 2.62. The number of nitrogens with one attached hydrogen (secondary N) is 2. The average molecular weight is 313 g/mol. The minimum atomic E-state index is -0.690. The number of imide groups is 1. The third kappa shape index (κ3) is 1.80. The maximum Gasteiger partial charge on any atom is 0.322 e. The van der Waals surface area contributed by atoms with Crippen LogP contribution in [0.25, 0.3) is 0 Å². The van der Waals surface area contributed by atoms with Gasteiger partial charge in [-0.2, -0.15) is 0 Å². The summed E-state index contributed by atoms with van der Waals surface area (Å²) in [4.78, 5) is 22.7. The fraction of sp³-hybridized carbons (Fsp3) is 0.273. The number of carbonyl (C=O) groups excluding carboxylic acids is 2. The van der Waals surface area contributed by atoms with E-state index in [0.29, 0.717) is 34.7 Å². The molecule has 0 radical (unpaired) electrons. The predicted octanol–water partition coefficient (Wildman–Crippen LogP) is 1.10. The van der Waals surface area contributed by atoms with Crippen molar-refractivity contribution in [3.05, 3.63) is 22.2 Å². The van der Waals surface area contributed by atoms with Gasteiger partial charge in [0.1, 0.15) is 19.3 Å². The van der Waals surface area contributed by atoms with Crippen LogP contribution in [0, 0.1) is 0 Å². The molecule has 7 heteroatoms. The second-order valence-electron chi connectivity index (χ2n) is 3.92. The number of benzene rings is 1. The predicted molar refractivity (Wildman–Crippen MR) is 64.5 cm³/mol. The Balaban J connectivity index is 2.01. The monoisotopic (exact) mass is 312 g/mol. The Hall–Kier alpha value is -1.76. The SMILES string of the molecule is O=C1NC(=O)C(c2cc(Br)c3c(c2)OCCO3)N1. The lowest BCUT2D eigenvalue weighted by atomic mass is 10.1. The Bertz CT molecular complexity index is 546. The molecule has 1 aromatic rings. The fourth-order valence-corrected chi connectivity index (χ4v) is 2.52. The molecule has 94 valence electrons. The number of ether oxygens (including phenoxy) is 2. The van der Waals surface area contributed by atoms with Gasteiger partial charge in [-0.25, -0.2) is 4.79 Å². The highest BCUT2D eigenvalue weighted by atomic mass is 79.9. The third-order valence-electron chi connectivity index (χ3n) is 2.73. The molecule has 0 aliphatic carbocycles. The van der Waals surface area contributed by atoms with Crippen LogP contribution in [0.5, 0.6) is 11.5 Å². The standard InChI is InChI=1S/C11H9BrN2O4/c12-6-3-5(8-10(15)14-11(16)13-8)4-7-9(6)18-2-1-17-7/h3-4,8H,1-2H2,(H2,13,14,15,16). The Morgan fingerprint density at radius 2 is 2.00 bits per heavy atom. The van der Waals surface area contributed by atoms with Crippen molar-refractivity contribution in [2.24, 2.45) is 0 Å². The molecule has 0 bridgehead atoms. The van der Waals surface area contributed by atoms with Gasteiger partial charge in [-0.1, -0.05) is 0 Å². The van der Waals surface area contributed by atoms with Crippen LogP contribution in [0.15, 0.2) is 16.6 Å². The summed E-state index contributed by atoms with van der Waals surface area (Å²) in [6, 6.07) is 2.26. The van der Waals surface area contributed by atoms with E-state index in [0.717, 1.165) is 0 Å². The van der Waals surface area contributed by atoms with Crippen molar-refractivity contribution in [1.82, 2.24) is 10.6 Å². The molecule has 0 aromatic heterocycles. The Morgan fingerprint density at radius 1 is 1.22 bits per heavy atom. The van der Waals surface area contributed by atoms with Gasteiger partial charge in [0.15, 0.2) is 11.5 Å². The fourth-order valence-electron chi connectivity index (χ4n) is 1.95. The molecule has 1 fully saturated rings. The summed E-state index contributed by atoms with van der Waals surface area (Å²) in [5.41, 5.74) is 0.648. The summed E-state index contributed by atoms with van der Waals surface area (Å²) in [6.07, 6.45) is 0. The first kappa shape index (κ1) is 11.3. The lowest BCUT2D eigenvalue weighted by molar-refractivity contribution is -0.120. The Labute approximate surface area is 111 Å². The van der Waals surface area contributed by atoms with Gasteiger partial charge in [-0.15, -0.1) is 0 Å². The molecule has 2 N–H and O–H groups in total. The normalized spacial score (nSPS) is 21.5. The number of hydrogen-bond acceptors (Lipinski definition) is 4. The van der Waals surface area contributed by atoms with Gasteiger partial charge in [0.05, 0.1) is 4.47 Å². The van der Waals surface area contributed by atoms with Gasteiger partial charge >= 0.3 is 6.03 Å². The minimum absolute atomic E-state index is 0.372. The molecule has 2 heterocycles. The second-order valence-corrected chi connectivity index (χ2v) is 4.78. The molecule has 1 unspecified atom stereocenters. The molecular formula is C11H9BrN2O4. The highest BCUT2D eigenvalue weighted by Crippen LogP contribution is 2.40. The van der Waals surface area contributed by atoms with Crippen LogP contribution in [-0.2, 0) is 4.79 Å². The molecule has 3 rings (SSSR count). The smallest absolute Gasteiger partial charge is 0.322 e. The summed E-state index contributed by atoms with van der Waals surface area (Å²) in [5.74, 6) is 0.817. The van der Waals surface area contributed by atoms with Crippen LogP contribution in [0.4, 0.5) is 4.79 Å². The maximum atomic E-state index is 11.6. The van der Waals surface area contributed by atoms with Crippen LogP contribution in [0.2, 0.25) is 0 Å². The van der Waals surface area contributed by atoms with Crippen molar-refractivity contribution in [2.75, 3.05) is 13.2 Å². The van der Waals surface area contributed by atoms with Gasteiger partial charge in [0.25, 0.3) is 5.91 Å². The van der Waals surface area contributed by atoms with E-state index in [1.54, 1.807) is 12.1 Å². The molecule has 2 aliphatic rings. The molecule has 1 atom stereocenters. The maximum absolute atomic E-state index is 11.6. The van der Waals surface area contributed by atoms with E-state index in [4.69, 9.17) is 9.47 Å². The van der Waals surface area contributed by atoms with E-state index in [2.05, 4.69) is 26.6 Å². The minimum Gasteiger partial charge on any atom is -0.486 e. The molecule has 18 heavy (non-hydrogen) atoms. The van der Waals surface area contributed by atoms with Crippen LogP contribution in [-0.4, -0.2) is 25.2 Å². The number of carbonyl (C=O) groups is 2. The van der Waals surface area contributed by atoms with Gasteiger partial charge in [-0.05, 0) is 33.6 Å². The average Bonchev–Trinajstić information content (AvgIpc) is 2.68. The van der Waals surface area contributed by atoms with Crippen LogP contribution in [0.1, 0.15) is 11.6 Å². The van der Waals surface area contributed by atoms with E-state index < -0.39 is 12.1 Å². The largest absolute Gasteiger partial charge is 0.486 e. The molecule has 0 saturated carbocycles. The summed E-state index contributed by atoms with van der Waals surface area (Å²) in [5, 5.41) is 4.73. The van der Waals surface area contributed by atoms with E-state index in [1.165, 1.54) is 0 Å². The number of urea groups is 1. The van der Waals surface area contributed by atoms with Gasteiger partial charge < -0.3 is 14.8 Å². The van der Waals surface area contributed by atoms with Crippen molar-refractivity contribution >= 4 is 27.9 Å². The van der Waals surface area contributed by atoms with E-state index in [9.17, 15) is 9.59 Å². The van der Waals surface area contributed by atoms with Gasteiger partial charge in [0, 0.05) is 0 Å². The van der Waals surface area contributed by atoms with Crippen molar-refractivity contribution in [2.45, 2.75) is 6.04 Å². The number of rotatable bonds is 1. The number of hydrogen-bond donors (Lipinski definition) is 2. The van der Waals surface area contributed by atoms with Crippen LogP contribution in [0.3, 0.4) is 0 Å². The number of fused-ring (bicyclic) bond motifs is 1. The first-order valence-electron chi connectivity index (χ1n) is 5.35. The highest BCUT2D eigenvalue weighted by Gasteiger charge is 2.32. The zero-order chi connectivity index (χ0) is 12.7. The lowest BCUT2D eigenvalue weighted by Gasteiger charge is -2.21. The van der Waals surface area contributed by atoms with Crippen LogP contribution >= 0.6 is 15.9 Å². The highest BCUT2D eigenvalue weighted by molar-refractivity contribution is 9.10. The number of halogens is 1. The molecule has 2 aliphatic heterocycles. The summed E-state index contributed by atoms with van der Waals surface area (Å²) < 4.78 is 11.6. The first-order chi connectivity index (χ1) is 8.65. The molecule has 1 aromatic carbocycles. The molecule has 1 saturated heterocycles. The van der Waals surface area contributed by atoms with Crippen molar-refractivity contribution in [3.8, 4) is 11.5 Å².